The van der Waals surface area contributed by atoms with Gasteiger partial charge in [0, 0.05) is 19.4 Å². The molecule has 0 aliphatic carbocycles. The summed E-state index contributed by atoms with van der Waals surface area (Å²) in [5.74, 6) is -0.275. The van der Waals surface area contributed by atoms with E-state index in [0.29, 0.717) is 58.7 Å². The third-order valence-electron chi connectivity index (χ3n) is 7.93. The number of esters is 2. The van der Waals surface area contributed by atoms with Crippen molar-refractivity contribution in [2.45, 2.75) is 168 Å². The Morgan fingerprint density at radius 1 is 0.522 bits per heavy atom. The van der Waals surface area contributed by atoms with Crippen LogP contribution in [0.3, 0.4) is 0 Å². The van der Waals surface area contributed by atoms with Crippen LogP contribution in [0, 0.1) is 0 Å². The lowest BCUT2D eigenvalue weighted by Crippen LogP contribution is -2.19. The SMILES string of the molecule is CCCCCCCCCOC(=O)CCCCCOP(=O)(NCCCCN(C)C)OCCCCCC(=O)OCCCCCCCCC. The molecule has 0 atom stereocenters. The molecule has 9 nitrogen and oxygen atoms in total. The number of carbonyl (C=O) groups excluding carboxylic acids is 2. The Bertz CT molecular complexity index is 691. The number of hydrogen-bond donors (Lipinski definition) is 1. The topological polar surface area (TPSA) is 103 Å². The molecule has 0 rings (SSSR count). The van der Waals surface area contributed by atoms with Gasteiger partial charge in [-0.2, -0.15) is 0 Å². The summed E-state index contributed by atoms with van der Waals surface area (Å²) in [7, 11) is 0.650. The number of rotatable bonds is 36. The Morgan fingerprint density at radius 3 is 1.35 bits per heavy atom. The van der Waals surface area contributed by atoms with Crippen LogP contribution < -0.4 is 5.09 Å². The average molecular weight is 677 g/mol. The van der Waals surface area contributed by atoms with Gasteiger partial charge in [-0.15, -0.1) is 0 Å². The summed E-state index contributed by atoms with van der Waals surface area (Å²) >= 11 is 0. The van der Waals surface area contributed by atoms with E-state index in [9.17, 15) is 14.2 Å². The first-order chi connectivity index (χ1) is 22.3. The van der Waals surface area contributed by atoms with E-state index in [1.807, 2.05) is 14.1 Å². The minimum Gasteiger partial charge on any atom is -0.466 e. The molecule has 0 bridgehead atoms. The van der Waals surface area contributed by atoms with Crippen LogP contribution in [0.25, 0.3) is 0 Å². The number of unbranched alkanes of at least 4 members (excludes halogenated alkanes) is 17. The molecular weight excluding hydrogens is 603 g/mol. The minimum absolute atomic E-state index is 0.137. The van der Waals surface area contributed by atoms with E-state index in [2.05, 4.69) is 23.8 Å². The zero-order valence-corrected chi connectivity index (χ0v) is 31.4. The third-order valence-corrected chi connectivity index (χ3v) is 9.59. The maximum atomic E-state index is 13.4. The summed E-state index contributed by atoms with van der Waals surface area (Å²) in [5.41, 5.74) is 0. The highest BCUT2D eigenvalue weighted by Gasteiger charge is 2.23. The Kier molecular flexibility index (Phi) is 33.2. The number of hydrogen-bond acceptors (Lipinski definition) is 8. The van der Waals surface area contributed by atoms with Gasteiger partial charge in [-0.05, 0) is 72.0 Å². The molecule has 0 amide bonds. The molecule has 0 unspecified atom stereocenters. The van der Waals surface area contributed by atoms with Crippen LogP contribution in [0.5, 0.6) is 0 Å². The van der Waals surface area contributed by atoms with Crippen molar-refractivity contribution in [1.82, 2.24) is 9.99 Å². The molecule has 10 heteroatoms. The number of nitrogens with zero attached hydrogens (tertiary/aromatic N) is 1. The van der Waals surface area contributed by atoms with Crippen molar-refractivity contribution in [1.29, 1.82) is 0 Å². The van der Waals surface area contributed by atoms with Crippen LogP contribution in [-0.4, -0.2) is 70.5 Å². The normalized spacial score (nSPS) is 11.8. The zero-order valence-electron chi connectivity index (χ0n) is 30.5. The highest BCUT2D eigenvalue weighted by Crippen LogP contribution is 2.44. The second kappa shape index (κ2) is 33.9. The van der Waals surface area contributed by atoms with Gasteiger partial charge < -0.3 is 14.4 Å². The summed E-state index contributed by atoms with van der Waals surface area (Å²) < 4.78 is 35.6. The molecular formula is C36H73N2O7P. The fraction of sp³-hybridized carbons (Fsp3) is 0.944. The largest absolute Gasteiger partial charge is 0.466 e. The van der Waals surface area contributed by atoms with Gasteiger partial charge in [0.25, 0.3) is 0 Å². The lowest BCUT2D eigenvalue weighted by Gasteiger charge is -2.20. The first-order valence-corrected chi connectivity index (χ1v) is 20.5. The van der Waals surface area contributed by atoms with Gasteiger partial charge in [0.2, 0.25) is 0 Å². The van der Waals surface area contributed by atoms with Crippen molar-refractivity contribution in [3.8, 4) is 0 Å². The first kappa shape index (κ1) is 45.0. The maximum absolute atomic E-state index is 13.4. The summed E-state index contributed by atoms with van der Waals surface area (Å²) in [6.45, 7) is 7.60. The predicted octanol–water partition coefficient (Wildman–Crippen LogP) is 9.77. The molecule has 1 N–H and O–H groups in total. The van der Waals surface area contributed by atoms with Gasteiger partial charge in [0.15, 0.2) is 0 Å². The molecule has 0 aromatic carbocycles. The molecule has 0 saturated heterocycles. The van der Waals surface area contributed by atoms with Crippen molar-refractivity contribution >= 4 is 19.7 Å². The summed E-state index contributed by atoms with van der Waals surface area (Å²) in [6, 6.07) is 0. The second-order valence-corrected chi connectivity index (χ2v) is 14.7. The van der Waals surface area contributed by atoms with Gasteiger partial charge >= 0.3 is 19.7 Å². The van der Waals surface area contributed by atoms with Gasteiger partial charge in [0.05, 0.1) is 26.4 Å². The van der Waals surface area contributed by atoms with Crippen LogP contribution in [0.15, 0.2) is 0 Å². The molecule has 0 saturated carbocycles. The third kappa shape index (κ3) is 32.9. The first-order valence-electron chi connectivity index (χ1n) is 18.9. The van der Waals surface area contributed by atoms with Gasteiger partial charge in [-0.25, -0.2) is 9.65 Å². The van der Waals surface area contributed by atoms with Crippen LogP contribution in [0.2, 0.25) is 0 Å². The van der Waals surface area contributed by atoms with E-state index in [1.165, 1.54) is 64.2 Å². The van der Waals surface area contributed by atoms with Crippen molar-refractivity contribution in [3.05, 3.63) is 0 Å². The fourth-order valence-corrected chi connectivity index (χ4v) is 6.43. The minimum atomic E-state index is -3.43. The standard InChI is InChI=1S/C36H73N2O7P/c1-5-7-9-11-13-15-23-31-42-35(39)27-19-17-25-33-44-46(41,37-29-21-22-30-38(3)4)45-34-26-18-20-28-36(40)43-32-24-16-14-12-10-8-6-2/h5-34H2,1-4H3,(H,37,41). The highest BCUT2D eigenvalue weighted by molar-refractivity contribution is 7.51. The molecule has 0 aliphatic heterocycles. The van der Waals surface area contributed by atoms with E-state index in [0.717, 1.165) is 70.8 Å². The predicted molar refractivity (Wildman–Crippen MR) is 190 cm³/mol. The van der Waals surface area contributed by atoms with Gasteiger partial charge in [-0.1, -0.05) is 104 Å². The van der Waals surface area contributed by atoms with Gasteiger partial charge in [0.1, 0.15) is 0 Å². The molecule has 274 valence electrons. The van der Waals surface area contributed by atoms with Crippen molar-refractivity contribution in [2.24, 2.45) is 0 Å². The van der Waals surface area contributed by atoms with Gasteiger partial charge in [-0.3, -0.25) is 18.6 Å². The van der Waals surface area contributed by atoms with Crippen molar-refractivity contribution in [3.63, 3.8) is 0 Å². The summed E-state index contributed by atoms with van der Waals surface area (Å²) in [5, 5.41) is 3.03. The van der Waals surface area contributed by atoms with E-state index < -0.39 is 7.75 Å². The van der Waals surface area contributed by atoms with E-state index in [4.69, 9.17) is 18.5 Å². The monoisotopic (exact) mass is 677 g/mol. The molecule has 0 aromatic heterocycles. The Labute approximate surface area is 283 Å². The number of ether oxygens (including phenoxy) is 2. The maximum Gasteiger partial charge on any atom is 0.405 e. The average Bonchev–Trinajstić information content (AvgIpc) is 3.03. The van der Waals surface area contributed by atoms with Crippen molar-refractivity contribution in [2.75, 3.05) is 53.6 Å². The van der Waals surface area contributed by atoms with Crippen LogP contribution >= 0.6 is 7.75 Å². The summed E-state index contributed by atoms with van der Waals surface area (Å²) in [4.78, 5) is 26.1. The lowest BCUT2D eigenvalue weighted by atomic mass is 10.1. The Morgan fingerprint density at radius 2 is 0.913 bits per heavy atom. The van der Waals surface area contributed by atoms with Crippen LogP contribution in [-0.2, 0) is 32.7 Å². The smallest absolute Gasteiger partial charge is 0.405 e. The molecule has 46 heavy (non-hydrogen) atoms. The quantitative estimate of drug-likeness (QED) is 0.0395. The Hall–Kier alpha value is -0.990. The molecule has 0 radical (unpaired) electrons. The molecule has 0 heterocycles. The van der Waals surface area contributed by atoms with Crippen LogP contribution in [0.1, 0.15) is 168 Å². The molecule has 0 fully saturated rings. The van der Waals surface area contributed by atoms with E-state index in [-0.39, 0.29) is 11.9 Å². The Balaban J connectivity index is 4.11. The zero-order chi connectivity index (χ0) is 34.0. The van der Waals surface area contributed by atoms with Crippen molar-refractivity contribution < 1.29 is 32.7 Å². The van der Waals surface area contributed by atoms with E-state index >= 15 is 0 Å². The van der Waals surface area contributed by atoms with Crippen LogP contribution in [0.4, 0.5) is 0 Å². The molecule has 0 aliphatic rings. The molecule has 0 aromatic rings. The number of nitrogens with one attached hydrogen (secondary N) is 1. The summed E-state index contributed by atoms with van der Waals surface area (Å²) in [6.07, 6.45) is 23.9. The lowest BCUT2D eigenvalue weighted by molar-refractivity contribution is -0.144. The number of carbonyl (C=O) groups is 2. The second-order valence-electron chi connectivity index (χ2n) is 12.9. The highest BCUT2D eigenvalue weighted by atomic mass is 31.2. The van der Waals surface area contributed by atoms with E-state index in [1.54, 1.807) is 0 Å². The molecule has 0 spiro atoms. The fourth-order valence-electron chi connectivity index (χ4n) is 5.00.